The summed E-state index contributed by atoms with van der Waals surface area (Å²) in [5.41, 5.74) is 9.42. The van der Waals surface area contributed by atoms with Gasteiger partial charge < -0.3 is 27.0 Å². The first-order valence-corrected chi connectivity index (χ1v) is 32.2. The van der Waals surface area contributed by atoms with Gasteiger partial charge >= 0.3 is 4.20 Å². The standard InChI is InChI=1S/C56H86N6O9S4/c1-14-58-23-15-16-24-59-25-17-18-26-60-27-19-20-28-61-29-21-22-50(72(64,65)51-42(6)30-38(2)31-43(51)7)62(75(70,71)54-48(12)36-41(5)37-49(54)13)56(55(57)63,73(66,67)52-44(8)32-39(3)33-45(52)9)74(68,69)53-46(10)34-40(4)35-47(53)11/h30-37,50,58-61H,14-29H2,1-13H3,(H2,57,63). The number of unbranched alkanes of at least 4 members (excludes halogenated alkanes) is 3. The van der Waals surface area contributed by atoms with Crippen molar-refractivity contribution in [1.82, 2.24) is 25.6 Å². The van der Waals surface area contributed by atoms with E-state index in [2.05, 4.69) is 28.2 Å². The molecule has 4 aromatic carbocycles. The second-order valence-corrected chi connectivity index (χ2v) is 28.6. The predicted octanol–water partition coefficient (Wildman–Crippen LogP) is 7.76. The molecule has 15 nitrogen and oxygen atoms in total. The highest BCUT2D eigenvalue weighted by atomic mass is 32.3. The second-order valence-electron chi connectivity index (χ2n) is 20.5. The SMILES string of the molecule is CCNCCCCNCCCCNCCCCNCCCC(N(C(C(N)=O)(S(=O)(=O)c1c(C)cc(C)cc1C)S(=O)(=O)c1c(C)cc(C)cc1C)S(=O)(=O)c1c(C)cc(C)cc1C)S(=O)(=O)c1c(C)cc(C)cc1C. The number of nitrogens with two attached hydrogens (primary N) is 1. The van der Waals surface area contributed by atoms with Crippen LogP contribution in [0.4, 0.5) is 0 Å². The fourth-order valence-electron chi connectivity index (χ4n) is 11.0. The Hall–Kier alpha value is -4.05. The normalized spacial score (nSPS) is 13.2. The molecule has 0 saturated heterocycles. The third kappa shape index (κ3) is 14.2. The maximum atomic E-state index is 16.5. The number of hydrogen-bond donors (Lipinski definition) is 5. The third-order valence-corrected chi connectivity index (χ3v) is 24.5. The number of carbonyl (C=O) groups is 1. The number of hydrogen-bond acceptors (Lipinski definition) is 13. The Morgan fingerprint density at radius 2 is 0.707 bits per heavy atom. The molecule has 0 aromatic heterocycles. The Morgan fingerprint density at radius 1 is 0.440 bits per heavy atom. The summed E-state index contributed by atoms with van der Waals surface area (Å²) in [5.74, 6) is -2.11. The van der Waals surface area contributed by atoms with E-state index in [1.807, 2.05) is 0 Å². The van der Waals surface area contributed by atoms with Crippen LogP contribution < -0.4 is 27.0 Å². The summed E-state index contributed by atoms with van der Waals surface area (Å²) in [6, 6.07) is 12.1. The smallest absolute Gasteiger partial charge is 0.326 e. The van der Waals surface area contributed by atoms with Crippen LogP contribution in [0.1, 0.15) is 125 Å². The van der Waals surface area contributed by atoms with Crippen molar-refractivity contribution >= 4 is 45.4 Å². The minimum atomic E-state index is -6.00. The van der Waals surface area contributed by atoms with Gasteiger partial charge in [-0.1, -0.05) is 77.7 Å². The second kappa shape index (κ2) is 27.0. The molecule has 418 valence electrons. The lowest BCUT2D eigenvalue weighted by molar-refractivity contribution is -0.120. The molecule has 19 heteroatoms. The zero-order valence-electron chi connectivity index (χ0n) is 46.8. The van der Waals surface area contributed by atoms with Gasteiger partial charge in [0.05, 0.1) is 19.6 Å². The molecule has 0 fully saturated rings. The summed E-state index contributed by atoms with van der Waals surface area (Å²) < 4.78 is 127. The van der Waals surface area contributed by atoms with Crippen molar-refractivity contribution in [3.8, 4) is 0 Å². The van der Waals surface area contributed by atoms with Gasteiger partial charge in [-0.2, -0.15) is 0 Å². The van der Waals surface area contributed by atoms with Crippen LogP contribution in [0.2, 0.25) is 0 Å². The largest absolute Gasteiger partial charge is 0.366 e. The summed E-state index contributed by atoms with van der Waals surface area (Å²) in [6.45, 7) is 26.9. The fraction of sp³-hybridized carbons (Fsp3) is 0.554. The minimum Gasteiger partial charge on any atom is -0.366 e. The van der Waals surface area contributed by atoms with Gasteiger partial charge in [0.25, 0.3) is 5.91 Å². The predicted molar refractivity (Wildman–Crippen MR) is 303 cm³/mol. The number of carbonyl (C=O) groups excluding carboxylic acids is 1. The van der Waals surface area contributed by atoms with E-state index in [9.17, 15) is 0 Å². The van der Waals surface area contributed by atoms with Gasteiger partial charge in [0, 0.05) is 0 Å². The molecule has 0 radical (unpaired) electrons. The lowest BCUT2D eigenvalue weighted by Crippen LogP contribution is -2.71. The van der Waals surface area contributed by atoms with E-state index in [1.165, 1.54) is 91.8 Å². The molecule has 4 aromatic rings. The Balaban J connectivity index is 1.95. The van der Waals surface area contributed by atoms with Crippen molar-refractivity contribution in [3.63, 3.8) is 0 Å². The topological polar surface area (TPSA) is 231 Å². The highest BCUT2D eigenvalue weighted by Gasteiger charge is 2.72. The number of sulfonamides is 1. The van der Waals surface area contributed by atoms with E-state index < -0.39 is 76.1 Å². The number of primary amides is 1. The van der Waals surface area contributed by atoms with Crippen LogP contribution in [0, 0.1) is 83.1 Å². The summed E-state index contributed by atoms with van der Waals surface area (Å²) in [6.07, 6.45) is 5.24. The molecule has 1 amide bonds. The molecule has 1 atom stereocenters. The van der Waals surface area contributed by atoms with E-state index in [-0.39, 0.29) is 66.7 Å². The molecular weight excluding hydrogens is 1030 g/mol. The number of sulfone groups is 3. The quantitative estimate of drug-likeness (QED) is 0.0304. The van der Waals surface area contributed by atoms with E-state index in [1.54, 1.807) is 39.8 Å². The zero-order chi connectivity index (χ0) is 56.3. The summed E-state index contributed by atoms with van der Waals surface area (Å²) in [5, 5.41) is 11.1. The first-order chi connectivity index (χ1) is 35.0. The Bertz CT molecular complexity index is 2940. The molecule has 0 spiro atoms. The van der Waals surface area contributed by atoms with Gasteiger partial charge in [0.15, 0.2) is 9.84 Å². The highest BCUT2D eigenvalue weighted by Crippen LogP contribution is 2.49. The van der Waals surface area contributed by atoms with Gasteiger partial charge in [-0.25, -0.2) is 33.7 Å². The van der Waals surface area contributed by atoms with Crippen molar-refractivity contribution in [3.05, 3.63) is 115 Å². The van der Waals surface area contributed by atoms with E-state index in [0.29, 0.717) is 28.8 Å². The fourth-order valence-corrected chi connectivity index (χ4v) is 22.5. The summed E-state index contributed by atoms with van der Waals surface area (Å²) in [7, 11) is -23.0. The van der Waals surface area contributed by atoms with Crippen molar-refractivity contribution in [2.24, 2.45) is 5.73 Å². The molecular formula is C56H86N6O9S4. The van der Waals surface area contributed by atoms with Crippen molar-refractivity contribution < 1.29 is 38.5 Å². The van der Waals surface area contributed by atoms with Gasteiger partial charge in [0.2, 0.25) is 29.7 Å². The molecule has 75 heavy (non-hydrogen) atoms. The van der Waals surface area contributed by atoms with Crippen LogP contribution >= 0.6 is 0 Å². The number of nitrogens with one attached hydrogen (secondary N) is 4. The van der Waals surface area contributed by atoms with E-state index in [0.717, 1.165) is 77.8 Å². The number of aryl methyl sites for hydroxylation is 12. The van der Waals surface area contributed by atoms with Crippen LogP contribution in [0.25, 0.3) is 0 Å². The number of benzene rings is 4. The Labute approximate surface area is 450 Å². The molecule has 4 rings (SSSR count). The minimum absolute atomic E-state index is 0.0101. The van der Waals surface area contributed by atoms with Crippen molar-refractivity contribution in [2.75, 3.05) is 52.4 Å². The maximum absolute atomic E-state index is 16.5. The van der Waals surface area contributed by atoms with Gasteiger partial charge in [0.1, 0.15) is 5.37 Å². The molecule has 0 aliphatic carbocycles. The molecule has 0 aliphatic rings. The first kappa shape index (κ1) is 63.5. The van der Waals surface area contributed by atoms with E-state index >= 15 is 38.5 Å². The monoisotopic (exact) mass is 1110 g/mol. The Kier molecular flexibility index (Phi) is 22.9. The molecule has 1 unspecified atom stereocenters. The lowest BCUT2D eigenvalue weighted by Gasteiger charge is -2.43. The van der Waals surface area contributed by atoms with Crippen LogP contribution in [0.3, 0.4) is 0 Å². The summed E-state index contributed by atoms with van der Waals surface area (Å²) in [4.78, 5) is 13.1. The summed E-state index contributed by atoms with van der Waals surface area (Å²) >= 11 is 0. The van der Waals surface area contributed by atoms with Gasteiger partial charge in [-0.05, 0) is 231 Å². The Morgan fingerprint density at radius 3 is 1.00 bits per heavy atom. The van der Waals surface area contributed by atoms with Crippen LogP contribution in [0.15, 0.2) is 68.1 Å². The van der Waals surface area contributed by atoms with Crippen molar-refractivity contribution in [2.45, 2.75) is 171 Å². The van der Waals surface area contributed by atoms with Crippen LogP contribution in [-0.4, -0.2) is 106 Å². The van der Waals surface area contributed by atoms with Gasteiger partial charge in [-0.15, -0.1) is 4.31 Å². The van der Waals surface area contributed by atoms with Crippen LogP contribution in [0.5, 0.6) is 0 Å². The number of amides is 1. The zero-order valence-corrected chi connectivity index (χ0v) is 50.1. The average molecular weight is 1120 g/mol. The lowest BCUT2D eigenvalue weighted by atomic mass is 10.1. The molecule has 0 aliphatic heterocycles. The van der Waals surface area contributed by atoms with E-state index in [4.69, 9.17) is 5.73 Å². The van der Waals surface area contributed by atoms with Crippen LogP contribution in [-0.2, 0) is 44.3 Å². The average Bonchev–Trinajstić information content (AvgIpc) is 3.25. The number of rotatable bonds is 31. The van der Waals surface area contributed by atoms with Gasteiger partial charge in [-0.3, -0.25) is 4.79 Å². The first-order valence-electron chi connectivity index (χ1n) is 26.3. The highest BCUT2D eigenvalue weighted by molar-refractivity contribution is 8.12. The number of nitrogens with zero attached hydrogens (tertiary/aromatic N) is 1. The third-order valence-electron chi connectivity index (χ3n) is 13.6. The molecule has 0 bridgehead atoms. The van der Waals surface area contributed by atoms with Crippen molar-refractivity contribution in [1.29, 1.82) is 0 Å². The molecule has 6 N–H and O–H groups in total. The molecule has 0 heterocycles. The maximum Gasteiger partial charge on any atom is 0.326 e. The molecule has 0 saturated carbocycles.